The molecule has 7 nitrogen and oxygen atoms in total. The summed E-state index contributed by atoms with van der Waals surface area (Å²) in [5, 5.41) is 4.18. The van der Waals surface area contributed by atoms with Gasteiger partial charge in [0.1, 0.15) is 0 Å². The normalized spacial score (nSPS) is 17.2. The van der Waals surface area contributed by atoms with E-state index in [1.807, 2.05) is 55.6 Å². The molecule has 36 heavy (non-hydrogen) atoms. The molecule has 8 heteroatoms. The van der Waals surface area contributed by atoms with Crippen LogP contribution in [0.4, 0.5) is 0 Å². The summed E-state index contributed by atoms with van der Waals surface area (Å²) in [5.74, 6) is -0.368. The summed E-state index contributed by atoms with van der Waals surface area (Å²) in [6, 6.07) is 19.3. The SMILES string of the molecule is COC(=O)c1ccccc1-n1c(C)cc([C@H]2[C@@H](c3ccccn3)NC(=S)N2Cc2cccnc2)c1C. The van der Waals surface area contributed by atoms with Crippen molar-refractivity contribution in [1.82, 2.24) is 24.8 Å². The molecule has 1 saturated heterocycles. The maximum Gasteiger partial charge on any atom is 0.339 e. The summed E-state index contributed by atoms with van der Waals surface area (Å²) >= 11 is 5.84. The molecule has 0 spiro atoms. The lowest BCUT2D eigenvalue weighted by Crippen LogP contribution is -2.29. The van der Waals surface area contributed by atoms with E-state index >= 15 is 0 Å². The number of pyridine rings is 2. The molecular formula is C28H27N5O2S. The first-order valence-electron chi connectivity index (χ1n) is 11.7. The molecular weight excluding hydrogens is 470 g/mol. The van der Waals surface area contributed by atoms with Crippen LogP contribution in [0.15, 0.2) is 79.3 Å². The van der Waals surface area contributed by atoms with Crippen LogP contribution in [0.25, 0.3) is 5.69 Å². The second-order valence-corrected chi connectivity index (χ2v) is 9.17. The van der Waals surface area contributed by atoms with Crippen molar-refractivity contribution >= 4 is 23.3 Å². The van der Waals surface area contributed by atoms with E-state index in [-0.39, 0.29) is 18.1 Å². The van der Waals surface area contributed by atoms with Gasteiger partial charge < -0.3 is 19.5 Å². The molecule has 1 fully saturated rings. The Morgan fingerprint density at radius 1 is 1.08 bits per heavy atom. The summed E-state index contributed by atoms with van der Waals surface area (Å²) in [5.41, 5.74) is 6.43. The number of carbonyl (C=O) groups is 1. The molecule has 1 aliphatic rings. The molecule has 0 aliphatic carbocycles. The fraction of sp³-hybridized carbons (Fsp3) is 0.214. The van der Waals surface area contributed by atoms with Crippen LogP contribution in [0.3, 0.4) is 0 Å². The van der Waals surface area contributed by atoms with Gasteiger partial charge in [0, 0.05) is 36.5 Å². The largest absolute Gasteiger partial charge is 0.465 e. The van der Waals surface area contributed by atoms with Crippen LogP contribution in [0, 0.1) is 13.8 Å². The highest BCUT2D eigenvalue weighted by molar-refractivity contribution is 7.80. The number of nitrogens with zero attached hydrogens (tertiary/aromatic N) is 4. The lowest BCUT2D eigenvalue weighted by atomic mass is 9.96. The number of hydrogen-bond donors (Lipinski definition) is 1. The van der Waals surface area contributed by atoms with Gasteiger partial charge >= 0.3 is 5.97 Å². The van der Waals surface area contributed by atoms with Crippen LogP contribution in [0.1, 0.15) is 50.7 Å². The second-order valence-electron chi connectivity index (χ2n) is 8.79. The summed E-state index contributed by atoms with van der Waals surface area (Å²) in [6.07, 6.45) is 5.44. The van der Waals surface area contributed by atoms with E-state index in [0.29, 0.717) is 17.2 Å². The summed E-state index contributed by atoms with van der Waals surface area (Å²) in [6.45, 7) is 4.73. The topological polar surface area (TPSA) is 72.3 Å². The van der Waals surface area contributed by atoms with Gasteiger partial charge in [0.05, 0.1) is 36.1 Å². The molecule has 2 atom stereocenters. The Labute approximate surface area is 215 Å². The molecule has 0 unspecified atom stereocenters. The minimum absolute atomic E-state index is 0.113. The lowest BCUT2D eigenvalue weighted by molar-refractivity contribution is 0.0600. The number of rotatable bonds is 6. The number of esters is 1. The smallest absolute Gasteiger partial charge is 0.339 e. The highest BCUT2D eigenvalue weighted by Gasteiger charge is 2.41. The van der Waals surface area contributed by atoms with E-state index in [0.717, 1.165) is 33.9 Å². The van der Waals surface area contributed by atoms with Gasteiger partial charge in [-0.05, 0) is 73.6 Å². The van der Waals surface area contributed by atoms with E-state index < -0.39 is 0 Å². The summed E-state index contributed by atoms with van der Waals surface area (Å²) in [7, 11) is 1.40. The maximum absolute atomic E-state index is 12.5. The van der Waals surface area contributed by atoms with Gasteiger partial charge in [0.2, 0.25) is 0 Å². The molecule has 5 rings (SSSR count). The minimum atomic E-state index is -0.368. The first-order chi connectivity index (χ1) is 17.5. The zero-order chi connectivity index (χ0) is 25.2. The Hall–Kier alpha value is -4.04. The number of para-hydroxylation sites is 1. The number of hydrogen-bond acceptors (Lipinski definition) is 5. The van der Waals surface area contributed by atoms with Crippen LogP contribution in [-0.4, -0.2) is 37.6 Å². The summed E-state index contributed by atoms with van der Waals surface area (Å²) < 4.78 is 7.17. The monoisotopic (exact) mass is 497 g/mol. The molecule has 0 bridgehead atoms. The van der Waals surface area contributed by atoms with E-state index in [4.69, 9.17) is 17.0 Å². The zero-order valence-electron chi connectivity index (χ0n) is 20.4. The fourth-order valence-corrected chi connectivity index (χ4v) is 5.32. The number of benzene rings is 1. The average molecular weight is 498 g/mol. The number of thiocarbonyl (C=S) groups is 1. The van der Waals surface area contributed by atoms with Crippen molar-refractivity contribution in [2.45, 2.75) is 32.5 Å². The van der Waals surface area contributed by atoms with Gasteiger partial charge in [-0.15, -0.1) is 0 Å². The second kappa shape index (κ2) is 9.91. The molecule has 1 aliphatic heterocycles. The van der Waals surface area contributed by atoms with Gasteiger partial charge in [0.25, 0.3) is 0 Å². The Bertz CT molecular complexity index is 1400. The Kier molecular flexibility index (Phi) is 6.52. The Morgan fingerprint density at radius 2 is 1.89 bits per heavy atom. The fourth-order valence-electron chi connectivity index (χ4n) is 5.01. The van der Waals surface area contributed by atoms with Crippen molar-refractivity contribution in [3.05, 3.63) is 113 Å². The van der Waals surface area contributed by atoms with Gasteiger partial charge in [-0.25, -0.2) is 4.79 Å². The molecule has 1 aromatic carbocycles. The molecule has 182 valence electrons. The predicted octanol–water partition coefficient (Wildman–Crippen LogP) is 4.84. The number of aryl methyl sites for hydroxylation is 1. The first kappa shape index (κ1) is 23.7. The number of ether oxygens (including phenoxy) is 1. The molecule has 0 radical (unpaired) electrons. The molecule has 4 heterocycles. The molecule has 1 N–H and O–H groups in total. The van der Waals surface area contributed by atoms with E-state index in [1.165, 1.54) is 7.11 Å². The van der Waals surface area contributed by atoms with Gasteiger partial charge in [-0.1, -0.05) is 24.3 Å². The Balaban J connectivity index is 1.64. The van der Waals surface area contributed by atoms with E-state index in [1.54, 1.807) is 18.5 Å². The average Bonchev–Trinajstić information content (AvgIpc) is 3.39. The minimum Gasteiger partial charge on any atom is -0.465 e. The quantitative estimate of drug-likeness (QED) is 0.302. The third-order valence-electron chi connectivity index (χ3n) is 6.61. The highest BCUT2D eigenvalue weighted by Crippen LogP contribution is 2.42. The first-order valence-corrected chi connectivity index (χ1v) is 12.1. The van der Waals surface area contributed by atoms with Crippen LogP contribution in [-0.2, 0) is 11.3 Å². The third kappa shape index (κ3) is 4.24. The van der Waals surface area contributed by atoms with Crippen molar-refractivity contribution in [3.8, 4) is 5.69 Å². The van der Waals surface area contributed by atoms with Crippen LogP contribution >= 0.6 is 12.2 Å². The van der Waals surface area contributed by atoms with Crippen molar-refractivity contribution in [1.29, 1.82) is 0 Å². The van der Waals surface area contributed by atoms with E-state index in [9.17, 15) is 4.79 Å². The van der Waals surface area contributed by atoms with Crippen LogP contribution in [0.2, 0.25) is 0 Å². The van der Waals surface area contributed by atoms with Crippen molar-refractivity contribution in [2.75, 3.05) is 7.11 Å². The lowest BCUT2D eigenvalue weighted by Gasteiger charge is -2.28. The van der Waals surface area contributed by atoms with Crippen molar-refractivity contribution in [2.24, 2.45) is 0 Å². The maximum atomic E-state index is 12.5. The number of methoxy groups -OCH3 is 1. The standard InChI is InChI=1S/C28H27N5O2S/c1-18-15-22(19(2)33(18)24-12-5-4-10-21(24)27(34)35-3)26-25(23-11-6-7-14-30-23)31-28(36)32(26)17-20-9-8-13-29-16-20/h4-16,25-26H,17H2,1-3H3,(H,31,36)/t25-,26+/m1/s1. The van der Waals surface area contributed by atoms with Crippen molar-refractivity contribution < 1.29 is 9.53 Å². The molecule has 0 amide bonds. The molecule has 3 aromatic heterocycles. The summed E-state index contributed by atoms with van der Waals surface area (Å²) in [4.78, 5) is 23.7. The van der Waals surface area contributed by atoms with Crippen molar-refractivity contribution in [3.63, 3.8) is 0 Å². The van der Waals surface area contributed by atoms with Crippen LogP contribution in [0.5, 0.6) is 0 Å². The van der Waals surface area contributed by atoms with Gasteiger partial charge in [-0.2, -0.15) is 0 Å². The Morgan fingerprint density at radius 3 is 2.61 bits per heavy atom. The number of carbonyl (C=O) groups excluding carboxylic acids is 1. The third-order valence-corrected chi connectivity index (χ3v) is 6.97. The number of aromatic nitrogens is 3. The highest BCUT2D eigenvalue weighted by atomic mass is 32.1. The van der Waals surface area contributed by atoms with E-state index in [2.05, 4.69) is 43.8 Å². The molecule has 0 saturated carbocycles. The number of nitrogens with one attached hydrogen (secondary N) is 1. The van der Waals surface area contributed by atoms with Gasteiger partial charge in [-0.3, -0.25) is 9.97 Å². The van der Waals surface area contributed by atoms with Gasteiger partial charge in [0.15, 0.2) is 5.11 Å². The van der Waals surface area contributed by atoms with Crippen LogP contribution < -0.4 is 5.32 Å². The zero-order valence-corrected chi connectivity index (χ0v) is 21.2. The molecule has 4 aromatic rings. The predicted molar refractivity (Wildman–Crippen MR) is 142 cm³/mol.